The molecular weight excluding hydrogens is 332 g/mol. The molecule has 4 heterocycles. The van der Waals surface area contributed by atoms with Gasteiger partial charge in [-0.05, 0) is 45.2 Å². The fourth-order valence-corrected chi connectivity index (χ4v) is 3.31. The fourth-order valence-electron chi connectivity index (χ4n) is 3.21. The molecule has 3 aliphatic rings. The lowest BCUT2D eigenvalue weighted by molar-refractivity contribution is -0.0341. The zero-order valence-corrected chi connectivity index (χ0v) is 14.8. The summed E-state index contributed by atoms with van der Waals surface area (Å²) in [6.07, 6.45) is 4.32. The van der Waals surface area contributed by atoms with Crippen LogP contribution in [0.1, 0.15) is 44.0 Å². The van der Waals surface area contributed by atoms with Crippen molar-refractivity contribution in [2.24, 2.45) is 0 Å². The van der Waals surface area contributed by atoms with Crippen molar-refractivity contribution in [3.8, 4) is 0 Å². The van der Waals surface area contributed by atoms with E-state index in [4.69, 9.17) is 16.3 Å². The highest BCUT2D eigenvalue weighted by molar-refractivity contribution is 6.28. The molecule has 130 valence electrons. The van der Waals surface area contributed by atoms with Gasteiger partial charge in [0.1, 0.15) is 5.60 Å². The number of carbonyl (C=O) groups is 2. The average molecular weight is 353 g/mol. The Morgan fingerprint density at radius 3 is 2.17 bits per heavy atom. The van der Waals surface area contributed by atoms with E-state index in [0.29, 0.717) is 18.7 Å². The minimum absolute atomic E-state index is 0.00861. The maximum absolute atomic E-state index is 12.7. The van der Waals surface area contributed by atoms with Gasteiger partial charge >= 0.3 is 6.09 Å². The molecule has 2 bridgehead atoms. The van der Waals surface area contributed by atoms with Gasteiger partial charge in [-0.3, -0.25) is 4.79 Å². The maximum Gasteiger partial charge on any atom is 0.410 e. The van der Waals surface area contributed by atoms with Crippen LogP contribution in [-0.4, -0.2) is 62.5 Å². The van der Waals surface area contributed by atoms with Crippen molar-refractivity contribution < 1.29 is 14.3 Å². The zero-order chi connectivity index (χ0) is 17.5. The Balaban J connectivity index is 1.70. The summed E-state index contributed by atoms with van der Waals surface area (Å²) in [5.74, 6) is -0.120. The topological polar surface area (TPSA) is 75.6 Å². The summed E-state index contributed by atoms with van der Waals surface area (Å²) < 4.78 is 5.47. The van der Waals surface area contributed by atoms with Crippen LogP contribution in [0, 0.1) is 0 Å². The van der Waals surface area contributed by atoms with Crippen molar-refractivity contribution in [2.45, 2.75) is 51.3 Å². The smallest absolute Gasteiger partial charge is 0.410 e. The summed E-state index contributed by atoms with van der Waals surface area (Å²) in [6, 6.07) is -0.0206. The monoisotopic (exact) mass is 352 g/mol. The highest BCUT2D eigenvalue weighted by atomic mass is 35.5. The summed E-state index contributed by atoms with van der Waals surface area (Å²) >= 11 is 5.67. The van der Waals surface area contributed by atoms with Crippen LogP contribution in [0.3, 0.4) is 0 Å². The van der Waals surface area contributed by atoms with E-state index in [0.717, 1.165) is 12.8 Å². The Hall–Kier alpha value is -1.89. The summed E-state index contributed by atoms with van der Waals surface area (Å²) in [5.41, 5.74) is -0.111. The molecule has 2 unspecified atom stereocenters. The molecule has 0 spiro atoms. The quantitative estimate of drug-likeness (QED) is 0.725. The lowest BCUT2D eigenvalue weighted by atomic mass is 9.90. The normalized spacial score (nSPS) is 23.3. The van der Waals surface area contributed by atoms with E-state index in [1.54, 1.807) is 4.90 Å². The molecule has 24 heavy (non-hydrogen) atoms. The molecular formula is C16H21ClN4O3. The molecule has 2 amide bonds. The zero-order valence-electron chi connectivity index (χ0n) is 14.0. The van der Waals surface area contributed by atoms with E-state index < -0.39 is 5.60 Å². The summed E-state index contributed by atoms with van der Waals surface area (Å²) in [6.45, 7) is 6.56. The molecule has 0 aromatic carbocycles. The minimum atomic E-state index is -0.524. The number of amides is 2. The largest absolute Gasteiger partial charge is 0.444 e. The third-order valence-electron chi connectivity index (χ3n) is 4.29. The van der Waals surface area contributed by atoms with Gasteiger partial charge in [0.05, 0.1) is 11.6 Å². The minimum Gasteiger partial charge on any atom is -0.444 e. The molecule has 0 N–H and O–H groups in total. The molecule has 0 saturated carbocycles. The first kappa shape index (κ1) is 17.0. The van der Waals surface area contributed by atoms with E-state index in [1.807, 2.05) is 25.7 Å². The SMILES string of the molecule is CC(C)(C)OC(=O)N1CC2CCC1CN2C(=O)c1cnc(Cl)nc1. The standard InChI is InChI=1S/C16H21ClN4O3/c1-16(2,3)24-15(23)21-9-11-4-5-12(21)8-20(11)13(22)10-6-18-14(17)19-7-10/h6-7,11-12H,4-5,8-9H2,1-3H3. The Kier molecular flexibility index (Phi) is 4.38. The molecule has 3 aliphatic heterocycles. The molecule has 3 fully saturated rings. The summed E-state index contributed by atoms with van der Waals surface area (Å²) in [7, 11) is 0. The Morgan fingerprint density at radius 1 is 1.12 bits per heavy atom. The molecule has 0 aliphatic carbocycles. The second-order valence-electron chi connectivity index (χ2n) is 7.22. The maximum atomic E-state index is 12.7. The lowest BCUT2D eigenvalue weighted by Gasteiger charge is -2.51. The Bertz CT molecular complexity index is 644. The number of nitrogens with zero attached hydrogens (tertiary/aromatic N) is 4. The molecule has 4 rings (SSSR count). The number of ether oxygens (including phenoxy) is 1. The van der Waals surface area contributed by atoms with Crippen molar-refractivity contribution >= 4 is 23.6 Å². The van der Waals surface area contributed by atoms with E-state index in [-0.39, 0.29) is 29.4 Å². The van der Waals surface area contributed by atoms with E-state index >= 15 is 0 Å². The van der Waals surface area contributed by atoms with Crippen LogP contribution >= 0.6 is 11.6 Å². The van der Waals surface area contributed by atoms with Crippen LogP contribution in [0.25, 0.3) is 0 Å². The van der Waals surface area contributed by atoms with Gasteiger partial charge < -0.3 is 14.5 Å². The summed E-state index contributed by atoms with van der Waals surface area (Å²) in [5, 5.41) is 0.114. The van der Waals surface area contributed by atoms with Crippen molar-refractivity contribution in [1.82, 2.24) is 19.8 Å². The van der Waals surface area contributed by atoms with E-state index in [9.17, 15) is 9.59 Å². The van der Waals surface area contributed by atoms with Gasteiger partial charge in [-0.25, -0.2) is 14.8 Å². The van der Waals surface area contributed by atoms with Crippen molar-refractivity contribution in [3.63, 3.8) is 0 Å². The molecule has 0 radical (unpaired) electrons. The molecule has 1 aromatic heterocycles. The van der Waals surface area contributed by atoms with Crippen LogP contribution in [0.2, 0.25) is 5.28 Å². The second-order valence-corrected chi connectivity index (χ2v) is 7.55. The third-order valence-corrected chi connectivity index (χ3v) is 4.48. The number of aromatic nitrogens is 2. The van der Waals surface area contributed by atoms with Gasteiger partial charge in [0.2, 0.25) is 5.28 Å². The first-order valence-electron chi connectivity index (χ1n) is 8.03. The van der Waals surface area contributed by atoms with Crippen LogP contribution in [0.4, 0.5) is 4.79 Å². The predicted molar refractivity (Wildman–Crippen MR) is 87.8 cm³/mol. The average Bonchev–Trinajstić information content (AvgIpc) is 2.53. The van der Waals surface area contributed by atoms with Gasteiger partial charge in [-0.15, -0.1) is 0 Å². The van der Waals surface area contributed by atoms with Crippen LogP contribution in [0.5, 0.6) is 0 Å². The second kappa shape index (κ2) is 6.20. The van der Waals surface area contributed by atoms with Crippen LogP contribution < -0.4 is 0 Å². The number of hydrogen-bond donors (Lipinski definition) is 0. The number of halogens is 1. The van der Waals surface area contributed by atoms with E-state index in [2.05, 4.69) is 9.97 Å². The Morgan fingerprint density at radius 2 is 1.67 bits per heavy atom. The van der Waals surface area contributed by atoms with Crippen molar-refractivity contribution in [2.75, 3.05) is 13.1 Å². The third kappa shape index (κ3) is 3.45. The first-order chi connectivity index (χ1) is 11.2. The van der Waals surface area contributed by atoms with Gasteiger partial charge in [0.15, 0.2) is 0 Å². The lowest BCUT2D eigenvalue weighted by Crippen LogP contribution is -2.65. The molecule has 7 nitrogen and oxygen atoms in total. The molecule has 2 atom stereocenters. The fraction of sp³-hybridized carbons (Fsp3) is 0.625. The molecule has 1 aromatic rings. The Labute approximate surface area is 145 Å². The number of rotatable bonds is 1. The molecule has 3 saturated heterocycles. The molecule has 8 heteroatoms. The highest BCUT2D eigenvalue weighted by Gasteiger charge is 2.44. The van der Waals surface area contributed by atoms with Crippen LogP contribution in [0.15, 0.2) is 12.4 Å². The van der Waals surface area contributed by atoms with Crippen molar-refractivity contribution in [1.29, 1.82) is 0 Å². The number of piperidine rings is 2. The predicted octanol–water partition coefficient (Wildman–Crippen LogP) is 2.35. The highest BCUT2D eigenvalue weighted by Crippen LogP contribution is 2.31. The number of carbonyl (C=O) groups excluding carboxylic acids is 2. The number of piperazine rings is 1. The van der Waals surface area contributed by atoms with Gasteiger partial charge in [-0.2, -0.15) is 0 Å². The van der Waals surface area contributed by atoms with Gasteiger partial charge in [0.25, 0.3) is 5.91 Å². The van der Waals surface area contributed by atoms with Gasteiger partial charge in [0, 0.05) is 31.5 Å². The van der Waals surface area contributed by atoms with Crippen molar-refractivity contribution in [3.05, 3.63) is 23.2 Å². The van der Waals surface area contributed by atoms with E-state index in [1.165, 1.54) is 12.4 Å². The first-order valence-corrected chi connectivity index (χ1v) is 8.40. The number of hydrogen-bond acceptors (Lipinski definition) is 5. The van der Waals surface area contributed by atoms with Gasteiger partial charge in [-0.1, -0.05) is 0 Å². The van der Waals surface area contributed by atoms with Crippen LogP contribution in [-0.2, 0) is 4.74 Å². The summed E-state index contributed by atoms with van der Waals surface area (Å²) in [4.78, 5) is 36.3. The number of fused-ring (bicyclic) bond motifs is 3.